The first-order valence-corrected chi connectivity index (χ1v) is 6.94. The molecule has 1 amide bonds. The smallest absolute Gasteiger partial charge is 0.337 e. The molecule has 0 heterocycles. The van der Waals surface area contributed by atoms with Crippen LogP contribution in [0, 0.1) is 23.7 Å². The highest BCUT2D eigenvalue weighted by Gasteiger charge is 2.41. The molecule has 0 spiro atoms. The van der Waals surface area contributed by atoms with Gasteiger partial charge in [0.25, 0.3) is 0 Å². The van der Waals surface area contributed by atoms with Gasteiger partial charge in [-0.25, -0.2) is 4.79 Å². The molecule has 0 saturated heterocycles. The Labute approximate surface area is 123 Å². The van der Waals surface area contributed by atoms with Crippen LogP contribution in [0.5, 0.6) is 0 Å². The van der Waals surface area contributed by atoms with E-state index >= 15 is 0 Å². The summed E-state index contributed by atoms with van der Waals surface area (Å²) in [6, 6.07) is 7.14. The van der Waals surface area contributed by atoms with E-state index in [1.165, 1.54) is 7.11 Å². The quantitative estimate of drug-likeness (QED) is 0.866. The predicted octanol–water partition coefficient (Wildman–Crippen LogP) is 2.80. The van der Waals surface area contributed by atoms with Crippen molar-refractivity contribution in [2.24, 2.45) is 5.41 Å². The van der Waals surface area contributed by atoms with Gasteiger partial charge in [0.15, 0.2) is 0 Å². The minimum absolute atomic E-state index is 0.285. The van der Waals surface area contributed by atoms with E-state index in [9.17, 15) is 14.9 Å². The summed E-state index contributed by atoms with van der Waals surface area (Å²) in [5.74, 6) is -0.742. The standard InChI is InChI=1S/C16H18N2O3/c1-11-5-6-12(14(19)21-2)9-13(11)18-15(20)16(10-17)7-3-4-8-16/h5-6,9H,3-4,7-8H2,1-2H3,(H,18,20). The Hall–Kier alpha value is -2.35. The van der Waals surface area contributed by atoms with Gasteiger partial charge in [0.05, 0.1) is 18.7 Å². The minimum Gasteiger partial charge on any atom is -0.465 e. The van der Waals surface area contributed by atoms with Crippen molar-refractivity contribution < 1.29 is 14.3 Å². The normalized spacial score (nSPS) is 16.0. The van der Waals surface area contributed by atoms with Crippen molar-refractivity contribution in [3.8, 4) is 6.07 Å². The van der Waals surface area contributed by atoms with Crippen molar-refractivity contribution in [2.75, 3.05) is 12.4 Å². The van der Waals surface area contributed by atoms with Gasteiger partial charge in [-0.15, -0.1) is 0 Å². The molecule has 1 aliphatic rings. The van der Waals surface area contributed by atoms with E-state index < -0.39 is 11.4 Å². The Balaban J connectivity index is 2.25. The van der Waals surface area contributed by atoms with Crippen LogP contribution in [-0.4, -0.2) is 19.0 Å². The Morgan fingerprint density at radius 3 is 2.57 bits per heavy atom. The zero-order valence-corrected chi connectivity index (χ0v) is 12.2. The van der Waals surface area contributed by atoms with Crippen LogP contribution in [-0.2, 0) is 9.53 Å². The second-order valence-corrected chi connectivity index (χ2v) is 5.38. The number of amides is 1. The lowest BCUT2D eigenvalue weighted by atomic mass is 9.87. The topological polar surface area (TPSA) is 79.2 Å². The van der Waals surface area contributed by atoms with Crippen LogP contribution in [0.25, 0.3) is 0 Å². The van der Waals surface area contributed by atoms with Crippen LogP contribution in [0.15, 0.2) is 18.2 Å². The lowest BCUT2D eigenvalue weighted by molar-refractivity contribution is -0.122. The molecule has 5 nitrogen and oxygen atoms in total. The second-order valence-electron chi connectivity index (χ2n) is 5.38. The summed E-state index contributed by atoms with van der Waals surface area (Å²) in [5, 5.41) is 12.1. The summed E-state index contributed by atoms with van der Waals surface area (Å²) in [4.78, 5) is 24.0. The van der Waals surface area contributed by atoms with Crippen LogP contribution in [0.4, 0.5) is 5.69 Å². The molecular weight excluding hydrogens is 268 g/mol. The molecule has 1 aromatic carbocycles. The molecule has 0 unspecified atom stereocenters. The highest BCUT2D eigenvalue weighted by molar-refractivity contribution is 5.99. The number of hydrogen-bond acceptors (Lipinski definition) is 4. The number of aryl methyl sites for hydroxylation is 1. The summed E-state index contributed by atoms with van der Waals surface area (Å²) in [5.41, 5.74) is 0.815. The Kier molecular flexibility index (Phi) is 4.27. The number of anilines is 1. The third kappa shape index (κ3) is 2.89. The molecule has 1 aliphatic carbocycles. The second kappa shape index (κ2) is 5.96. The zero-order valence-electron chi connectivity index (χ0n) is 12.2. The molecule has 5 heteroatoms. The zero-order chi connectivity index (χ0) is 15.5. The first-order valence-electron chi connectivity index (χ1n) is 6.94. The van der Waals surface area contributed by atoms with Gasteiger partial charge in [-0.05, 0) is 37.5 Å². The number of nitrogens with one attached hydrogen (secondary N) is 1. The monoisotopic (exact) mass is 286 g/mol. The average Bonchev–Trinajstić information content (AvgIpc) is 2.98. The number of esters is 1. The number of nitrogens with zero attached hydrogens (tertiary/aromatic N) is 1. The van der Waals surface area contributed by atoms with Crippen molar-refractivity contribution in [3.63, 3.8) is 0 Å². The number of carbonyl (C=O) groups is 2. The third-order valence-electron chi connectivity index (χ3n) is 4.01. The fraction of sp³-hybridized carbons (Fsp3) is 0.438. The molecule has 0 radical (unpaired) electrons. The number of benzene rings is 1. The van der Waals surface area contributed by atoms with E-state index in [1.807, 2.05) is 6.92 Å². The molecule has 1 N–H and O–H groups in total. The molecule has 110 valence electrons. The maximum absolute atomic E-state index is 12.4. The van der Waals surface area contributed by atoms with E-state index in [-0.39, 0.29) is 5.91 Å². The fourth-order valence-electron chi connectivity index (χ4n) is 2.61. The summed E-state index contributed by atoms with van der Waals surface area (Å²) in [6.07, 6.45) is 2.96. The summed E-state index contributed by atoms with van der Waals surface area (Å²) >= 11 is 0. The number of methoxy groups -OCH3 is 1. The third-order valence-corrected chi connectivity index (χ3v) is 4.01. The molecule has 21 heavy (non-hydrogen) atoms. The molecule has 1 aromatic rings. The summed E-state index contributed by atoms with van der Waals surface area (Å²) in [7, 11) is 1.31. The highest BCUT2D eigenvalue weighted by Crippen LogP contribution is 2.38. The highest BCUT2D eigenvalue weighted by atomic mass is 16.5. The maximum atomic E-state index is 12.4. The average molecular weight is 286 g/mol. The number of nitriles is 1. The minimum atomic E-state index is -0.937. The van der Waals surface area contributed by atoms with Gasteiger partial charge in [0.1, 0.15) is 5.41 Å². The van der Waals surface area contributed by atoms with Crippen LogP contribution in [0.2, 0.25) is 0 Å². The Morgan fingerprint density at radius 2 is 2.00 bits per heavy atom. The summed E-state index contributed by atoms with van der Waals surface area (Å²) < 4.78 is 4.67. The molecule has 0 bridgehead atoms. The van der Waals surface area contributed by atoms with Gasteiger partial charge in [-0.2, -0.15) is 5.26 Å². The maximum Gasteiger partial charge on any atom is 0.337 e. The molecule has 1 fully saturated rings. The molecule has 0 aromatic heterocycles. The molecule has 0 atom stereocenters. The first-order chi connectivity index (χ1) is 10.0. The molecule has 1 saturated carbocycles. The molecule has 0 aliphatic heterocycles. The van der Waals surface area contributed by atoms with Gasteiger partial charge in [0.2, 0.25) is 5.91 Å². The van der Waals surface area contributed by atoms with Gasteiger partial charge < -0.3 is 10.1 Å². The van der Waals surface area contributed by atoms with Crippen molar-refractivity contribution in [2.45, 2.75) is 32.6 Å². The van der Waals surface area contributed by atoms with Crippen LogP contribution in [0.1, 0.15) is 41.6 Å². The number of rotatable bonds is 3. The van der Waals surface area contributed by atoms with Crippen molar-refractivity contribution in [1.82, 2.24) is 0 Å². The lowest BCUT2D eigenvalue weighted by Crippen LogP contribution is -2.32. The van der Waals surface area contributed by atoms with Crippen LogP contribution in [0.3, 0.4) is 0 Å². The SMILES string of the molecule is COC(=O)c1ccc(C)c(NC(=O)C2(C#N)CCCC2)c1. The Morgan fingerprint density at radius 1 is 1.33 bits per heavy atom. The van der Waals surface area contributed by atoms with E-state index in [0.717, 1.165) is 18.4 Å². The van der Waals surface area contributed by atoms with Crippen molar-refractivity contribution >= 4 is 17.6 Å². The summed E-state index contributed by atoms with van der Waals surface area (Å²) in [6.45, 7) is 1.84. The van der Waals surface area contributed by atoms with Crippen molar-refractivity contribution in [1.29, 1.82) is 5.26 Å². The number of hydrogen-bond donors (Lipinski definition) is 1. The number of ether oxygens (including phenoxy) is 1. The van der Waals surface area contributed by atoms with Crippen LogP contribution >= 0.6 is 0 Å². The molecular formula is C16H18N2O3. The van der Waals surface area contributed by atoms with E-state index in [2.05, 4.69) is 16.1 Å². The number of carbonyl (C=O) groups excluding carboxylic acids is 2. The van der Waals surface area contributed by atoms with Gasteiger partial charge in [-0.1, -0.05) is 18.9 Å². The lowest BCUT2D eigenvalue weighted by Gasteiger charge is -2.20. The fourth-order valence-corrected chi connectivity index (χ4v) is 2.61. The van der Waals surface area contributed by atoms with Crippen LogP contribution < -0.4 is 5.32 Å². The first kappa shape index (κ1) is 15.0. The largest absolute Gasteiger partial charge is 0.465 e. The Bertz CT molecular complexity index is 610. The van der Waals surface area contributed by atoms with E-state index in [0.29, 0.717) is 24.1 Å². The predicted molar refractivity (Wildman–Crippen MR) is 77.7 cm³/mol. The van der Waals surface area contributed by atoms with Gasteiger partial charge >= 0.3 is 5.97 Å². The van der Waals surface area contributed by atoms with Crippen molar-refractivity contribution in [3.05, 3.63) is 29.3 Å². The van der Waals surface area contributed by atoms with Gasteiger partial charge in [0, 0.05) is 5.69 Å². The molecule has 2 rings (SSSR count). The van der Waals surface area contributed by atoms with E-state index in [4.69, 9.17) is 0 Å². The van der Waals surface area contributed by atoms with Gasteiger partial charge in [-0.3, -0.25) is 4.79 Å². The van der Waals surface area contributed by atoms with E-state index in [1.54, 1.807) is 18.2 Å².